The van der Waals surface area contributed by atoms with Gasteiger partial charge in [-0.15, -0.1) is 0 Å². The molecule has 1 fully saturated rings. The highest BCUT2D eigenvalue weighted by atomic mass is 35.5. The first kappa shape index (κ1) is 15.1. The summed E-state index contributed by atoms with van der Waals surface area (Å²) in [6.45, 7) is 3.50. The number of carbonyl (C=O) groups is 1. The van der Waals surface area contributed by atoms with E-state index in [0.29, 0.717) is 13.2 Å². The number of pyridine rings is 1. The Morgan fingerprint density at radius 2 is 2.27 bits per heavy atom. The molecule has 5 nitrogen and oxygen atoms in total. The largest absolute Gasteiger partial charge is 0.448 e. The Morgan fingerprint density at radius 1 is 1.36 bits per heavy atom. The number of benzene rings is 1. The van der Waals surface area contributed by atoms with Crippen molar-refractivity contribution in [2.75, 3.05) is 26.2 Å². The van der Waals surface area contributed by atoms with Gasteiger partial charge in [-0.1, -0.05) is 17.7 Å². The van der Waals surface area contributed by atoms with Gasteiger partial charge in [-0.2, -0.15) is 0 Å². The van der Waals surface area contributed by atoms with E-state index in [4.69, 9.17) is 16.3 Å². The monoisotopic (exact) mass is 319 g/mol. The number of nitrogens with one attached hydrogen (secondary N) is 1. The molecule has 1 saturated heterocycles. The summed E-state index contributed by atoms with van der Waals surface area (Å²) in [6, 6.07) is 7.78. The topological polar surface area (TPSA) is 54.5 Å². The molecule has 22 heavy (non-hydrogen) atoms. The Labute approximate surface area is 134 Å². The maximum Gasteiger partial charge on any atom is 0.409 e. The minimum atomic E-state index is -0.201. The van der Waals surface area contributed by atoms with Gasteiger partial charge in [0, 0.05) is 29.7 Å². The second-order valence-corrected chi connectivity index (χ2v) is 5.65. The zero-order chi connectivity index (χ0) is 15.4. The molecule has 1 aliphatic rings. The van der Waals surface area contributed by atoms with Crippen LogP contribution in [0.15, 0.2) is 30.5 Å². The zero-order valence-corrected chi connectivity index (χ0v) is 13.0. The van der Waals surface area contributed by atoms with E-state index in [1.165, 1.54) is 0 Å². The Balaban J connectivity index is 1.52. The first-order valence-electron chi connectivity index (χ1n) is 7.40. The lowest BCUT2D eigenvalue weighted by molar-refractivity contribution is 0.158. The summed E-state index contributed by atoms with van der Waals surface area (Å²) in [5.74, 6) is 0. The number of hydrogen-bond acceptors (Lipinski definition) is 4. The van der Waals surface area contributed by atoms with E-state index in [-0.39, 0.29) is 6.09 Å². The van der Waals surface area contributed by atoms with Crippen LogP contribution in [0.4, 0.5) is 4.79 Å². The summed E-state index contributed by atoms with van der Waals surface area (Å²) in [7, 11) is 0. The Hall–Kier alpha value is -1.85. The van der Waals surface area contributed by atoms with Gasteiger partial charge in [0.05, 0.1) is 12.1 Å². The van der Waals surface area contributed by atoms with Crippen LogP contribution in [0.1, 0.15) is 12.0 Å². The third-order valence-electron chi connectivity index (χ3n) is 3.74. The van der Waals surface area contributed by atoms with Gasteiger partial charge in [0.25, 0.3) is 0 Å². The van der Waals surface area contributed by atoms with Crippen LogP contribution in [0, 0.1) is 0 Å². The lowest BCUT2D eigenvalue weighted by atomic mass is 10.1. The molecule has 3 rings (SSSR count). The number of aromatic nitrogens is 1. The number of nitrogens with zero attached hydrogens (tertiary/aromatic N) is 2. The number of halogens is 1. The SMILES string of the molecule is O=C1OCCN1CCCNCc1ccc(Cl)c2cccnc12. The van der Waals surface area contributed by atoms with E-state index < -0.39 is 0 Å². The standard InChI is InChI=1S/C16H18ClN3O2/c17-14-5-4-12(15-13(14)3-1-7-19-15)11-18-6-2-8-20-9-10-22-16(20)21/h1,3-5,7,18H,2,6,8-11H2. The maximum absolute atomic E-state index is 11.3. The molecule has 1 aromatic carbocycles. The van der Waals surface area contributed by atoms with Crippen LogP contribution < -0.4 is 5.32 Å². The van der Waals surface area contributed by atoms with Gasteiger partial charge in [-0.05, 0) is 36.7 Å². The van der Waals surface area contributed by atoms with Crippen LogP contribution >= 0.6 is 11.6 Å². The van der Waals surface area contributed by atoms with Gasteiger partial charge in [0.2, 0.25) is 0 Å². The molecule has 1 N–H and O–H groups in total. The number of fused-ring (bicyclic) bond motifs is 1. The third kappa shape index (κ3) is 3.31. The Morgan fingerprint density at radius 3 is 3.09 bits per heavy atom. The second-order valence-electron chi connectivity index (χ2n) is 5.24. The van der Waals surface area contributed by atoms with Crippen LogP contribution in [0.2, 0.25) is 5.02 Å². The quantitative estimate of drug-likeness (QED) is 0.832. The first-order chi connectivity index (χ1) is 10.8. The Bertz CT molecular complexity index is 677. The average Bonchev–Trinajstić information content (AvgIpc) is 2.95. The third-order valence-corrected chi connectivity index (χ3v) is 4.07. The molecule has 0 aliphatic carbocycles. The van der Waals surface area contributed by atoms with Crippen molar-refractivity contribution in [3.8, 4) is 0 Å². The number of hydrogen-bond donors (Lipinski definition) is 1. The van der Waals surface area contributed by atoms with Crippen molar-refractivity contribution in [2.24, 2.45) is 0 Å². The summed E-state index contributed by atoms with van der Waals surface area (Å²) in [5, 5.41) is 5.09. The number of cyclic esters (lactones) is 1. The predicted octanol–water partition coefficient (Wildman–Crippen LogP) is 2.82. The van der Waals surface area contributed by atoms with Crippen molar-refractivity contribution >= 4 is 28.6 Å². The van der Waals surface area contributed by atoms with Gasteiger partial charge in [-0.3, -0.25) is 4.98 Å². The molecule has 116 valence electrons. The molecule has 6 heteroatoms. The van der Waals surface area contributed by atoms with Gasteiger partial charge in [0.15, 0.2) is 0 Å². The lowest BCUT2D eigenvalue weighted by Gasteiger charge is -2.13. The summed E-state index contributed by atoms with van der Waals surface area (Å²) in [4.78, 5) is 17.5. The minimum Gasteiger partial charge on any atom is -0.448 e. The number of carbonyl (C=O) groups excluding carboxylic acids is 1. The van der Waals surface area contributed by atoms with Gasteiger partial charge < -0.3 is 15.0 Å². The molecule has 2 aromatic rings. The van der Waals surface area contributed by atoms with Crippen LogP contribution in [-0.4, -0.2) is 42.2 Å². The van der Waals surface area contributed by atoms with E-state index in [1.54, 1.807) is 11.1 Å². The first-order valence-corrected chi connectivity index (χ1v) is 7.78. The highest BCUT2D eigenvalue weighted by Gasteiger charge is 2.20. The maximum atomic E-state index is 11.3. The van der Waals surface area contributed by atoms with Crippen LogP contribution in [-0.2, 0) is 11.3 Å². The normalized spacial score (nSPS) is 14.6. The van der Waals surface area contributed by atoms with E-state index >= 15 is 0 Å². The molecule has 2 heterocycles. The fourth-order valence-electron chi connectivity index (χ4n) is 2.59. The number of ether oxygens (including phenoxy) is 1. The van der Waals surface area contributed by atoms with Crippen LogP contribution in [0.5, 0.6) is 0 Å². The lowest BCUT2D eigenvalue weighted by Crippen LogP contribution is -2.28. The summed E-state index contributed by atoms with van der Waals surface area (Å²) >= 11 is 6.19. The summed E-state index contributed by atoms with van der Waals surface area (Å²) in [6.07, 6.45) is 2.47. The van der Waals surface area contributed by atoms with Crippen molar-refractivity contribution < 1.29 is 9.53 Å². The fraction of sp³-hybridized carbons (Fsp3) is 0.375. The molecule has 0 bridgehead atoms. The molecule has 0 atom stereocenters. The number of rotatable bonds is 6. The highest BCUT2D eigenvalue weighted by Crippen LogP contribution is 2.24. The number of amides is 1. The molecule has 0 unspecified atom stereocenters. The van der Waals surface area contributed by atoms with Crippen LogP contribution in [0.3, 0.4) is 0 Å². The fourth-order valence-corrected chi connectivity index (χ4v) is 2.80. The molecule has 1 amide bonds. The predicted molar refractivity (Wildman–Crippen MR) is 86.0 cm³/mol. The van der Waals surface area contributed by atoms with E-state index in [1.807, 2.05) is 24.3 Å². The molecular weight excluding hydrogens is 302 g/mol. The molecule has 0 saturated carbocycles. The van der Waals surface area contributed by atoms with Gasteiger partial charge >= 0.3 is 6.09 Å². The minimum absolute atomic E-state index is 0.201. The van der Waals surface area contributed by atoms with E-state index in [2.05, 4.69) is 10.3 Å². The Kier molecular flexibility index (Phi) is 4.75. The summed E-state index contributed by atoms with van der Waals surface area (Å²) in [5.41, 5.74) is 2.06. The molecule has 0 radical (unpaired) electrons. The van der Waals surface area contributed by atoms with E-state index in [9.17, 15) is 4.79 Å². The van der Waals surface area contributed by atoms with E-state index in [0.717, 1.165) is 47.5 Å². The molecule has 1 aromatic heterocycles. The van der Waals surface area contributed by atoms with Crippen LogP contribution in [0.25, 0.3) is 10.9 Å². The van der Waals surface area contributed by atoms with Crippen molar-refractivity contribution in [1.29, 1.82) is 0 Å². The van der Waals surface area contributed by atoms with Gasteiger partial charge in [-0.25, -0.2) is 4.79 Å². The van der Waals surface area contributed by atoms with Gasteiger partial charge in [0.1, 0.15) is 6.61 Å². The van der Waals surface area contributed by atoms with Crippen molar-refractivity contribution in [3.63, 3.8) is 0 Å². The van der Waals surface area contributed by atoms with Crippen molar-refractivity contribution in [3.05, 3.63) is 41.0 Å². The van der Waals surface area contributed by atoms with Crippen molar-refractivity contribution in [1.82, 2.24) is 15.2 Å². The average molecular weight is 320 g/mol. The highest BCUT2D eigenvalue weighted by molar-refractivity contribution is 6.35. The molecule has 1 aliphatic heterocycles. The molecule has 0 spiro atoms. The zero-order valence-electron chi connectivity index (χ0n) is 12.2. The summed E-state index contributed by atoms with van der Waals surface area (Å²) < 4.78 is 4.90. The smallest absolute Gasteiger partial charge is 0.409 e. The second kappa shape index (κ2) is 6.94. The van der Waals surface area contributed by atoms with Crippen molar-refractivity contribution in [2.45, 2.75) is 13.0 Å². The molecular formula is C16H18ClN3O2.